The molecular formula is C22H34O. The molecule has 1 heteroatoms. The van der Waals surface area contributed by atoms with Crippen molar-refractivity contribution in [2.24, 2.45) is 28.6 Å². The van der Waals surface area contributed by atoms with E-state index >= 15 is 0 Å². The summed E-state index contributed by atoms with van der Waals surface area (Å²) in [5.74, 6) is 2.60. The fourth-order valence-electron chi connectivity index (χ4n) is 7.36. The minimum absolute atomic E-state index is 0.0817. The first kappa shape index (κ1) is 15.9. The van der Waals surface area contributed by atoms with E-state index in [-0.39, 0.29) is 6.10 Å². The lowest BCUT2D eigenvalue weighted by Gasteiger charge is -2.57. The van der Waals surface area contributed by atoms with Crippen molar-refractivity contribution in [1.82, 2.24) is 0 Å². The molecule has 0 aliphatic heterocycles. The monoisotopic (exact) mass is 314 g/mol. The van der Waals surface area contributed by atoms with Gasteiger partial charge in [-0.1, -0.05) is 43.6 Å². The summed E-state index contributed by atoms with van der Waals surface area (Å²) in [6.07, 6.45) is 12.3. The highest BCUT2D eigenvalue weighted by Gasteiger charge is 2.57. The molecule has 1 N–H and O–H groups in total. The summed E-state index contributed by atoms with van der Waals surface area (Å²) in [5, 5.41) is 10.1. The predicted octanol–water partition coefficient (Wildman–Crippen LogP) is 5.65. The van der Waals surface area contributed by atoms with E-state index in [0.717, 1.165) is 30.6 Å². The molecule has 0 radical (unpaired) electrons. The van der Waals surface area contributed by atoms with Crippen LogP contribution in [-0.4, -0.2) is 11.2 Å². The van der Waals surface area contributed by atoms with Crippen molar-refractivity contribution >= 4 is 0 Å². The maximum atomic E-state index is 10.1. The van der Waals surface area contributed by atoms with Crippen LogP contribution in [0.1, 0.15) is 79.1 Å². The standard InChI is InChI=1S/C22H34O/c1-5-18-14(2)12-20-17-7-6-15-13-16(23)8-10-21(15,3)19(17)9-11-22(18,20)4/h6,16-17,19-20,23H,5,7-13H2,1-4H3/t16-,17+,19-,20-,21-,22+/m0/s1. The van der Waals surface area contributed by atoms with Crippen LogP contribution in [0.3, 0.4) is 0 Å². The Morgan fingerprint density at radius 1 is 1.09 bits per heavy atom. The van der Waals surface area contributed by atoms with Crippen LogP contribution >= 0.6 is 0 Å². The van der Waals surface area contributed by atoms with E-state index in [1.807, 2.05) is 0 Å². The molecule has 2 fully saturated rings. The van der Waals surface area contributed by atoms with Crippen molar-refractivity contribution in [3.63, 3.8) is 0 Å². The lowest BCUT2D eigenvalue weighted by molar-refractivity contribution is -0.0301. The fraction of sp³-hybridized carbons (Fsp3) is 0.818. The number of hydrogen-bond acceptors (Lipinski definition) is 1. The van der Waals surface area contributed by atoms with Crippen molar-refractivity contribution in [2.75, 3.05) is 0 Å². The van der Waals surface area contributed by atoms with Crippen LogP contribution in [0.4, 0.5) is 0 Å². The largest absolute Gasteiger partial charge is 0.393 e. The summed E-state index contributed by atoms with van der Waals surface area (Å²) in [4.78, 5) is 0. The number of aliphatic hydroxyl groups is 1. The second kappa shape index (κ2) is 5.22. The predicted molar refractivity (Wildman–Crippen MR) is 96.1 cm³/mol. The number of fused-ring (bicyclic) bond motifs is 5. The lowest BCUT2D eigenvalue weighted by Crippen LogP contribution is -2.49. The Kier molecular flexibility index (Phi) is 3.61. The van der Waals surface area contributed by atoms with Crippen LogP contribution in [0.2, 0.25) is 0 Å². The van der Waals surface area contributed by atoms with Crippen LogP contribution in [0.25, 0.3) is 0 Å². The average Bonchev–Trinajstić information content (AvgIpc) is 2.77. The van der Waals surface area contributed by atoms with Crippen LogP contribution in [-0.2, 0) is 0 Å². The molecule has 0 bridgehead atoms. The van der Waals surface area contributed by atoms with Crippen LogP contribution < -0.4 is 0 Å². The summed E-state index contributed by atoms with van der Waals surface area (Å²) in [6, 6.07) is 0. The molecule has 4 rings (SSSR count). The Balaban J connectivity index is 1.68. The second-order valence-corrected chi connectivity index (χ2v) is 9.43. The van der Waals surface area contributed by atoms with Gasteiger partial charge in [0.05, 0.1) is 6.10 Å². The molecular weight excluding hydrogens is 280 g/mol. The van der Waals surface area contributed by atoms with Gasteiger partial charge in [0.2, 0.25) is 0 Å². The normalized spacial score (nSPS) is 49.3. The van der Waals surface area contributed by atoms with Crippen molar-refractivity contribution in [3.8, 4) is 0 Å². The molecule has 23 heavy (non-hydrogen) atoms. The Labute approximate surface area is 142 Å². The van der Waals surface area contributed by atoms with E-state index in [9.17, 15) is 5.11 Å². The minimum atomic E-state index is -0.0817. The third-order valence-electron chi connectivity index (χ3n) is 8.55. The van der Waals surface area contributed by atoms with Gasteiger partial charge >= 0.3 is 0 Å². The number of allylic oxidation sites excluding steroid dienone is 3. The highest BCUT2D eigenvalue weighted by Crippen LogP contribution is 2.66. The topological polar surface area (TPSA) is 20.2 Å². The van der Waals surface area contributed by atoms with Gasteiger partial charge in [-0.3, -0.25) is 0 Å². The van der Waals surface area contributed by atoms with Crippen molar-refractivity contribution in [1.29, 1.82) is 0 Å². The van der Waals surface area contributed by atoms with Crippen LogP contribution in [0.5, 0.6) is 0 Å². The summed E-state index contributed by atoms with van der Waals surface area (Å²) in [7, 11) is 0. The molecule has 0 spiro atoms. The zero-order valence-electron chi connectivity index (χ0n) is 15.5. The van der Waals surface area contributed by atoms with Crippen LogP contribution in [0.15, 0.2) is 22.8 Å². The molecule has 1 nitrogen and oxygen atoms in total. The Morgan fingerprint density at radius 3 is 2.57 bits per heavy atom. The van der Waals surface area contributed by atoms with Crippen molar-refractivity contribution < 1.29 is 5.11 Å². The molecule has 0 amide bonds. The van der Waals surface area contributed by atoms with Gasteiger partial charge in [0.25, 0.3) is 0 Å². The first-order chi connectivity index (χ1) is 10.9. The SMILES string of the molecule is CCC1=C(C)C[C@H]2[C@@H]3CC=C4C[C@@H](O)CC[C@]4(C)[C@H]3CC[C@]12C. The number of rotatable bonds is 1. The third kappa shape index (κ3) is 2.08. The molecule has 0 unspecified atom stereocenters. The fourth-order valence-corrected chi connectivity index (χ4v) is 7.36. The summed E-state index contributed by atoms with van der Waals surface area (Å²) in [6.45, 7) is 9.87. The maximum absolute atomic E-state index is 10.1. The van der Waals surface area contributed by atoms with E-state index in [4.69, 9.17) is 0 Å². The van der Waals surface area contributed by atoms with E-state index < -0.39 is 0 Å². The third-order valence-corrected chi connectivity index (χ3v) is 8.55. The molecule has 128 valence electrons. The first-order valence-corrected chi connectivity index (χ1v) is 9.97. The molecule has 0 heterocycles. The molecule has 2 saturated carbocycles. The van der Waals surface area contributed by atoms with Gasteiger partial charge in [-0.2, -0.15) is 0 Å². The molecule has 0 saturated heterocycles. The van der Waals surface area contributed by atoms with Gasteiger partial charge in [0.15, 0.2) is 0 Å². The Hall–Kier alpha value is -0.560. The van der Waals surface area contributed by atoms with Crippen molar-refractivity contribution in [3.05, 3.63) is 22.8 Å². The van der Waals surface area contributed by atoms with Gasteiger partial charge in [-0.15, -0.1) is 0 Å². The van der Waals surface area contributed by atoms with Gasteiger partial charge in [0, 0.05) is 0 Å². The summed E-state index contributed by atoms with van der Waals surface area (Å²) in [5.41, 5.74) is 5.96. The molecule has 0 aromatic carbocycles. The zero-order chi connectivity index (χ0) is 16.4. The quantitative estimate of drug-likeness (QED) is 0.620. The van der Waals surface area contributed by atoms with Gasteiger partial charge in [-0.25, -0.2) is 0 Å². The molecule has 4 aliphatic carbocycles. The molecule has 0 aromatic heterocycles. The van der Waals surface area contributed by atoms with Gasteiger partial charge < -0.3 is 5.11 Å². The summed E-state index contributed by atoms with van der Waals surface area (Å²) < 4.78 is 0. The number of aliphatic hydroxyl groups excluding tert-OH is 1. The van der Waals surface area contributed by atoms with E-state index in [1.54, 1.807) is 16.7 Å². The Bertz CT molecular complexity index is 571. The highest BCUT2D eigenvalue weighted by atomic mass is 16.3. The average molecular weight is 315 g/mol. The maximum Gasteiger partial charge on any atom is 0.0577 e. The zero-order valence-corrected chi connectivity index (χ0v) is 15.5. The highest BCUT2D eigenvalue weighted by molar-refractivity contribution is 5.33. The van der Waals surface area contributed by atoms with E-state index in [1.165, 1.54) is 38.5 Å². The van der Waals surface area contributed by atoms with E-state index in [2.05, 4.69) is 33.8 Å². The van der Waals surface area contributed by atoms with E-state index in [0.29, 0.717) is 10.8 Å². The van der Waals surface area contributed by atoms with Gasteiger partial charge in [0.1, 0.15) is 0 Å². The smallest absolute Gasteiger partial charge is 0.0577 e. The van der Waals surface area contributed by atoms with Crippen molar-refractivity contribution in [2.45, 2.75) is 85.2 Å². The first-order valence-electron chi connectivity index (χ1n) is 9.97. The summed E-state index contributed by atoms with van der Waals surface area (Å²) >= 11 is 0. The Morgan fingerprint density at radius 2 is 1.83 bits per heavy atom. The second-order valence-electron chi connectivity index (χ2n) is 9.43. The minimum Gasteiger partial charge on any atom is -0.393 e. The molecule has 0 aromatic rings. The lowest BCUT2D eigenvalue weighted by atomic mass is 9.47. The van der Waals surface area contributed by atoms with Gasteiger partial charge in [-0.05, 0) is 86.9 Å². The molecule has 6 atom stereocenters. The molecule has 4 aliphatic rings. The van der Waals surface area contributed by atoms with Crippen LogP contribution in [0, 0.1) is 28.6 Å². The number of hydrogen-bond donors (Lipinski definition) is 1.